The first kappa shape index (κ1) is 9.76. The van der Waals surface area contributed by atoms with Crippen molar-refractivity contribution in [3.8, 4) is 0 Å². The second-order valence-electron chi connectivity index (χ2n) is 2.42. The molecule has 0 aliphatic rings. The Morgan fingerprint density at radius 2 is 2.15 bits per heavy atom. The van der Waals surface area contributed by atoms with Gasteiger partial charge in [-0.3, -0.25) is 5.41 Å². The lowest BCUT2D eigenvalue weighted by atomic mass is 10.4. The van der Waals surface area contributed by atoms with E-state index in [-0.39, 0.29) is 5.62 Å². The molecule has 0 spiro atoms. The minimum atomic E-state index is -4.47. The summed E-state index contributed by atoms with van der Waals surface area (Å²) >= 11 is 0. The Kier molecular flexibility index (Phi) is 2.40. The van der Waals surface area contributed by atoms with Crippen LogP contribution in [-0.4, -0.2) is 9.55 Å². The van der Waals surface area contributed by atoms with E-state index < -0.39 is 11.9 Å². The normalized spacial score (nSPS) is 11.7. The number of aromatic nitrogens is 2. The van der Waals surface area contributed by atoms with Gasteiger partial charge in [-0.05, 0) is 13.0 Å². The van der Waals surface area contributed by atoms with Crippen LogP contribution in [0, 0.1) is 5.41 Å². The van der Waals surface area contributed by atoms with Gasteiger partial charge in [-0.2, -0.15) is 13.2 Å². The molecule has 3 nitrogen and oxygen atoms in total. The summed E-state index contributed by atoms with van der Waals surface area (Å²) < 4.78 is 37.5. The monoisotopic (exact) mass is 191 g/mol. The number of alkyl halides is 3. The molecule has 0 aliphatic carbocycles. The van der Waals surface area contributed by atoms with Crippen LogP contribution in [0.2, 0.25) is 0 Å². The SMILES string of the molecule is CCn1ccc(C(F)(F)F)nc1=N. The van der Waals surface area contributed by atoms with E-state index in [9.17, 15) is 13.2 Å². The molecule has 6 heteroatoms. The van der Waals surface area contributed by atoms with Crippen molar-refractivity contribution in [1.82, 2.24) is 9.55 Å². The van der Waals surface area contributed by atoms with Gasteiger partial charge in [0.1, 0.15) is 5.69 Å². The lowest BCUT2D eigenvalue weighted by Crippen LogP contribution is -2.25. The van der Waals surface area contributed by atoms with E-state index in [1.165, 1.54) is 10.8 Å². The molecule has 1 aromatic rings. The third-order valence-electron chi connectivity index (χ3n) is 1.54. The van der Waals surface area contributed by atoms with Gasteiger partial charge in [-0.15, -0.1) is 0 Å². The molecule has 0 unspecified atom stereocenters. The lowest BCUT2D eigenvalue weighted by molar-refractivity contribution is -0.141. The van der Waals surface area contributed by atoms with Crippen molar-refractivity contribution in [2.24, 2.45) is 0 Å². The van der Waals surface area contributed by atoms with E-state index in [1.54, 1.807) is 6.92 Å². The van der Waals surface area contributed by atoms with Crippen LogP contribution in [0.5, 0.6) is 0 Å². The fourth-order valence-corrected chi connectivity index (χ4v) is 0.860. The predicted molar refractivity (Wildman–Crippen MR) is 38.8 cm³/mol. The average Bonchev–Trinajstić information content (AvgIpc) is 2.02. The third kappa shape index (κ3) is 2.07. The summed E-state index contributed by atoms with van der Waals surface area (Å²) in [6.07, 6.45) is -3.26. The summed E-state index contributed by atoms with van der Waals surface area (Å²) in [5, 5.41) is 7.14. The first-order valence-electron chi connectivity index (χ1n) is 3.64. The fraction of sp³-hybridized carbons (Fsp3) is 0.429. The van der Waals surface area contributed by atoms with Crippen LogP contribution in [0.1, 0.15) is 12.6 Å². The highest BCUT2D eigenvalue weighted by molar-refractivity contribution is 5.02. The largest absolute Gasteiger partial charge is 0.433 e. The summed E-state index contributed by atoms with van der Waals surface area (Å²) in [6.45, 7) is 2.16. The van der Waals surface area contributed by atoms with Crippen molar-refractivity contribution >= 4 is 0 Å². The minimum Gasteiger partial charge on any atom is -0.318 e. The quantitative estimate of drug-likeness (QED) is 0.716. The molecule has 0 bridgehead atoms. The number of rotatable bonds is 1. The van der Waals surface area contributed by atoms with Crippen LogP contribution in [0.25, 0.3) is 0 Å². The first-order valence-corrected chi connectivity index (χ1v) is 3.64. The maximum atomic E-state index is 12.0. The van der Waals surface area contributed by atoms with E-state index in [0.717, 1.165) is 6.07 Å². The Bertz CT molecular complexity index is 353. The highest BCUT2D eigenvalue weighted by atomic mass is 19.4. The fourth-order valence-electron chi connectivity index (χ4n) is 0.860. The molecule has 0 atom stereocenters. The molecule has 1 aromatic heterocycles. The van der Waals surface area contributed by atoms with E-state index in [0.29, 0.717) is 6.54 Å². The molecule has 72 valence electrons. The molecule has 0 aliphatic heterocycles. The molecule has 1 rings (SSSR count). The molecule has 0 aromatic carbocycles. The van der Waals surface area contributed by atoms with Crippen LogP contribution >= 0.6 is 0 Å². The van der Waals surface area contributed by atoms with Gasteiger partial charge in [-0.25, -0.2) is 4.98 Å². The molecule has 1 N–H and O–H groups in total. The molecule has 1 heterocycles. The van der Waals surface area contributed by atoms with E-state index >= 15 is 0 Å². The zero-order valence-electron chi connectivity index (χ0n) is 6.89. The van der Waals surface area contributed by atoms with Crippen LogP contribution in [0.4, 0.5) is 13.2 Å². The second kappa shape index (κ2) is 3.20. The van der Waals surface area contributed by atoms with Crippen molar-refractivity contribution in [1.29, 1.82) is 5.41 Å². The summed E-state index contributed by atoms with van der Waals surface area (Å²) in [5.74, 6) is 0. The zero-order chi connectivity index (χ0) is 10.1. The van der Waals surface area contributed by atoms with Gasteiger partial charge in [0.2, 0.25) is 5.62 Å². The second-order valence-corrected chi connectivity index (χ2v) is 2.42. The Balaban J connectivity index is 3.18. The predicted octanol–water partition coefficient (Wildman–Crippen LogP) is 1.40. The van der Waals surface area contributed by atoms with Gasteiger partial charge in [0, 0.05) is 12.7 Å². The zero-order valence-corrected chi connectivity index (χ0v) is 6.89. The summed E-state index contributed by atoms with van der Waals surface area (Å²) in [6, 6.07) is 0.863. The van der Waals surface area contributed by atoms with Crippen LogP contribution < -0.4 is 5.62 Å². The van der Waals surface area contributed by atoms with Gasteiger partial charge in [0.15, 0.2) is 0 Å². The van der Waals surface area contributed by atoms with Crippen LogP contribution in [0.15, 0.2) is 12.3 Å². The molecule has 0 saturated carbocycles. The maximum Gasteiger partial charge on any atom is 0.433 e. The molecular weight excluding hydrogens is 183 g/mol. The van der Waals surface area contributed by atoms with Crippen molar-refractivity contribution in [3.63, 3.8) is 0 Å². The van der Waals surface area contributed by atoms with Gasteiger partial charge in [0.25, 0.3) is 0 Å². The highest BCUT2D eigenvalue weighted by Crippen LogP contribution is 2.25. The van der Waals surface area contributed by atoms with Gasteiger partial charge in [0.05, 0.1) is 0 Å². The topological polar surface area (TPSA) is 41.7 Å². The smallest absolute Gasteiger partial charge is 0.318 e. The van der Waals surface area contributed by atoms with Crippen LogP contribution in [-0.2, 0) is 12.7 Å². The van der Waals surface area contributed by atoms with Crippen molar-refractivity contribution in [2.45, 2.75) is 19.6 Å². The number of nitrogens with one attached hydrogen (secondary N) is 1. The molecule has 0 saturated heterocycles. The summed E-state index contributed by atoms with van der Waals surface area (Å²) in [4.78, 5) is 3.12. The molecule has 13 heavy (non-hydrogen) atoms. The van der Waals surface area contributed by atoms with Crippen molar-refractivity contribution in [2.75, 3.05) is 0 Å². The van der Waals surface area contributed by atoms with E-state index in [1.807, 2.05) is 0 Å². The minimum absolute atomic E-state index is 0.377. The molecular formula is C7H8F3N3. The number of halogens is 3. The van der Waals surface area contributed by atoms with Crippen molar-refractivity contribution < 1.29 is 13.2 Å². The standard InChI is InChI=1S/C7H8F3N3/c1-2-13-4-3-5(7(8,9)10)12-6(13)11/h3-4,11H,2H2,1H3. The highest BCUT2D eigenvalue weighted by Gasteiger charge is 2.32. The molecule has 0 fully saturated rings. The summed E-state index contributed by atoms with van der Waals surface area (Å²) in [7, 11) is 0. The van der Waals surface area contributed by atoms with E-state index in [2.05, 4.69) is 4.98 Å². The Morgan fingerprint density at radius 3 is 2.54 bits per heavy atom. The lowest BCUT2D eigenvalue weighted by Gasteiger charge is -2.07. The van der Waals surface area contributed by atoms with E-state index in [4.69, 9.17) is 5.41 Å². The van der Waals surface area contributed by atoms with Crippen molar-refractivity contribution in [3.05, 3.63) is 23.6 Å². The number of hydrogen-bond acceptors (Lipinski definition) is 2. The summed E-state index contributed by atoms with van der Waals surface area (Å²) in [5.41, 5.74) is -1.40. The van der Waals surface area contributed by atoms with Gasteiger partial charge < -0.3 is 4.57 Å². The number of aryl methyl sites for hydroxylation is 1. The maximum absolute atomic E-state index is 12.0. The Hall–Kier alpha value is -1.33. The van der Waals surface area contributed by atoms with Gasteiger partial charge in [-0.1, -0.05) is 0 Å². The third-order valence-corrected chi connectivity index (χ3v) is 1.54. The average molecular weight is 191 g/mol. The van der Waals surface area contributed by atoms with Crippen LogP contribution in [0.3, 0.4) is 0 Å². The Labute approximate surface area is 72.4 Å². The first-order chi connectivity index (χ1) is 5.95. The number of nitrogens with zero attached hydrogens (tertiary/aromatic N) is 2. The Morgan fingerprint density at radius 1 is 1.54 bits per heavy atom. The van der Waals surface area contributed by atoms with Gasteiger partial charge >= 0.3 is 6.18 Å². The number of hydrogen-bond donors (Lipinski definition) is 1. The molecule has 0 radical (unpaired) electrons. The molecule has 0 amide bonds.